The Morgan fingerprint density at radius 3 is 2.05 bits per heavy atom. The smallest absolute Gasteiger partial charge is 0.407 e. The molecule has 4 aromatic carbocycles. The molecule has 6 aromatic rings. The van der Waals surface area contributed by atoms with Gasteiger partial charge in [0.15, 0.2) is 6.04 Å². The Bertz CT molecular complexity index is 2480. The second kappa shape index (κ2) is 17.8. The molecule has 0 radical (unpaired) electrons. The summed E-state index contributed by atoms with van der Waals surface area (Å²) in [6.07, 6.45) is 8.64. The number of likely N-dealkylation sites (tertiary alicyclic amines) is 2. The van der Waals surface area contributed by atoms with Crippen molar-refractivity contribution in [3.05, 3.63) is 137 Å². The number of aliphatic imine (C=N–C) groups is 1. The van der Waals surface area contributed by atoms with E-state index >= 15 is 0 Å². The maximum absolute atomic E-state index is 13.9. The van der Waals surface area contributed by atoms with Gasteiger partial charge in [-0.3, -0.25) is 9.59 Å². The van der Waals surface area contributed by atoms with E-state index < -0.39 is 18.2 Å². The monoisotopic (exact) mass is 794 g/mol. The van der Waals surface area contributed by atoms with Gasteiger partial charge in [-0.15, -0.1) is 0 Å². The predicted molar refractivity (Wildman–Crippen MR) is 223 cm³/mol. The van der Waals surface area contributed by atoms with Gasteiger partial charge in [-0.1, -0.05) is 84.9 Å². The fourth-order valence-corrected chi connectivity index (χ4v) is 8.12. The van der Waals surface area contributed by atoms with E-state index in [-0.39, 0.29) is 23.9 Å². The maximum Gasteiger partial charge on any atom is 0.407 e. The van der Waals surface area contributed by atoms with Gasteiger partial charge in [0, 0.05) is 13.1 Å². The molecule has 0 saturated carbocycles. The zero-order valence-electron chi connectivity index (χ0n) is 32.9. The van der Waals surface area contributed by atoms with E-state index in [1.165, 1.54) is 14.2 Å². The summed E-state index contributed by atoms with van der Waals surface area (Å²) in [4.78, 5) is 74.5. The van der Waals surface area contributed by atoms with Crippen LogP contribution in [-0.2, 0) is 30.5 Å². The van der Waals surface area contributed by atoms with Gasteiger partial charge in [-0.25, -0.2) is 19.8 Å². The van der Waals surface area contributed by atoms with E-state index in [0.29, 0.717) is 25.1 Å². The van der Waals surface area contributed by atoms with Gasteiger partial charge in [0.2, 0.25) is 6.40 Å². The lowest BCUT2D eigenvalue weighted by atomic mass is 10.1. The molecule has 14 heteroatoms. The Kier molecular flexibility index (Phi) is 11.8. The number of ether oxygens (including phenoxy) is 1. The molecule has 2 aliphatic heterocycles. The van der Waals surface area contributed by atoms with Crippen molar-refractivity contribution in [2.75, 3.05) is 27.3 Å². The van der Waals surface area contributed by atoms with Crippen LogP contribution in [0, 0.1) is 0 Å². The highest BCUT2D eigenvalue weighted by Gasteiger charge is 2.38. The predicted octanol–water partition coefficient (Wildman–Crippen LogP) is 7.47. The van der Waals surface area contributed by atoms with E-state index in [4.69, 9.17) is 19.6 Å². The topological polar surface area (TPSA) is 167 Å². The largest absolute Gasteiger partial charge is 0.453 e. The molecule has 2 aliphatic rings. The minimum Gasteiger partial charge on any atom is -0.453 e. The van der Waals surface area contributed by atoms with E-state index in [1.807, 2.05) is 83.8 Å². The molecule has 4 heterocycles. The zero-order chi connectivity index (χ0) is 40.7. The lowest BCUT2D eigenvalue weighted by molar-refractivity contribution is -0.188. The van der Waals surface area contributed by atoms with Gasteiger partial charge in [-0.2, -0.15) is 4.89 Å². The lowest BCUT2D eigenvalue weighted by Crippen LogP contribution is -2.42. The van der Waals surface area contributed by atoms with Crippen LogP contribution in [0.3, 0.4) is 0 Å². The van der Waals surface area contributed by atoms with Gasteiger partial charge in [0.25, 0.3) is 11.8 Å². The summed E-state index contributed by atoms with van der Waals surface area (Å²) in [5.41, 5.74) is 7.04. The van der Waals surface area contributed by atoms with Crippen molar-refractivity contribution in [1.82, 2.24) is 35.1 Å². The van der Waals surface area contributed by atoms with Crippen molar-refractivity contribution in [2.45, 2.75) is 56.3 Å². The van der Waals surface area contributed by atoms with Gasteiger partial charge >= 0.3 is 6.09 Å². The maximum atomic E-state index is 13.9. The number of allylic oxidation sites excluding steroid dienone is 1. The van der Waals surface area contributed by atoms with Gasteiger partial charge in [-0.05, 0) is 78.6 Å². The highest BCUT2D eigenvalue weighted by atomic mass is 17.2. The van der Waals surface area contributed by atoms with Crippen molar-refractivity contribution < 1.29 is 28.9 Å². The van der Waals surface area contributed by atoms with E-state index in [1.54, 1.807) is 4.90 Å². The first-order valence-electron chi connectivity index (χ1n) is 19.8. The van der Waals surface area contributed by atoms with Crippen molar-refractivity contribution in [3.8, 4) is 0 Å². The number of alkyl carbamates (subject to hydrolysis) is 1. The normalized spacial score (nSPS) is 17.9. The number of imidazole rings is 2. The number of nitrogens with zero attached hydrogens (tertiary/aromatic N) is 5. The number of carbonyl (C=O) groups excluding carboxylic acids is 3. The van der Waals surface area contributed by atoms with Crippen molar-refractivity contribution in [2.24, 2.45) is 4.99 Å². The van der Waals surface area contributed by atoms with Crippen LogP contribution in [0.1, 0.15) is 83.8 Å². The summed E-state index contributed by atoms with van der Waals surface area (Å²) in [6.45, 7) is 1.16. The van der Waals surface area contributed by atoms with Crippen LogP contribution in [0.25, 0.3) is 28.1 Å². The number of rotatable bonds is 13. The molecule has 2 saturated heterocycles. The number of aromatic amines is 2. The highest BCUT2D eigenvalue weighted by molar-refractivity contribution is 5.88. The minimum atomic E-state index is -0.878. The first-order valence-corrected chi connectivity index (χ1v) is 19.8. The van der Waals surface area contributed by atoms with Crippen LogP contribution < -0.4 is 5.32 Å². The third-order valence-corrected chi connectivity index (χ3v) is 11.0. The summed E-state index contributed by atoms with van der Waals surface area (Å²) < 4.78 is 4.84. The first-order chi connectivity index (χ1) is 28.9. The summed E-state index contributed by atoms with van der Waals surface area (Å²) in [7, 11) is 2.67. The number of hydrogen-bond acceptors (Lipinski definition) is 9. The van der Waals surface area contributed by atoms with Crippen LogP contribution in [0.15, 0.2) is 108 Å². The minimum absolute atomic E-state index is 0.122. The third-order valence-electron chi connectivity index (χ3n) is 11.0. The summed E-state index contributed by atoms with van der Waals surface area (Å²) in [5, 5.41) is 2.72. The third kappa shape index (κ3) is 8.58. The van der Waals surface area contributed by atoms with Crippen LogP contribution >= 0.6 is 0 Å². The molecule has 1 unspecified atom stereocenters. The number of aromatic nitrogens is 4. The van der Waals surface area contributed by atoms with E-state index in [9.17, 15) is 14.4 Å². The summed E-state index contributed by atoms with van der Waals surface area (Å²) >= 11 is 0. The fourth-order valence-electron chi connectivity index (χ4n) is 8.12. The van der Waals surface area contributed by atoms with Crippen LogP contribution in [0.5, 0.6) is 0 Å². The van der Waals surface area contributed by atoms with Gasteiger partial charge in [0.1, 0.15) is 17.7 Å². The first kappa shape index (κ1) is 39.0. The average Bonchev–Trinajstić information content (AvgIpc) is 4.10. The molecule has 0 aliphatic carbocycles. The quantitative estimate of drug-likeness (QED) is 0.0469. The van der Waals surface area contributed by atoms with E-state index in [2.05, 4.69) is 55.5 Å². The number of fused-ring (bicyclic) bond motifs is 2. The fraction of sp³-hybridized carbons (Fsp3) is 0.289. The number of amides is 3. The Balaban J connectivity index is 0.940. The van der Waals surface area contributed by atoms with Crippen molar-refractivity contribution >= 4 is 52.5 Å². The van der Waals surface area contributed by atoms with E-state index in [0.717, 1.165) is 82.5 Å². The lowest BCUT2D eigenvalue weighted by Gasteiger charge is -2.28. The second-order valence-electron chi connectivity index (χ2n) is 14.7. The molecule has 2 fully saturated rings. The Labute approximate surface area is 341 Å². The highest BCUT2D eigenvalue weighted by Crippen LogP contribution is 2.36. The molecule has 302 valence electrons. The molecule has 14 nitrogen and oxygen atoms in total. The number of nitrogens with one attached hydrogen (secondary N) is 3. The van der Waals surface area contributed by atoms with Crippen LogP contribution in [0.4, 0.5) is 4.79 Å². The molecule has 2 aromatic heterocycles. The molecule has 4 atom stereocenters. The zero-order valence-corrected chi connectivity index (χ0v) is 32.9. The molecular weight excluding hydrogens is 749 g/mol. The summed E-state index contributed by atoms with van der Waals surface area (Å²) in [6, 6.07) is 28.8. The van der Waals surface area contributed by atoms with Gasteiger partial charge < -0.3 is 34.7 Å². The van der Waals surface area contributed by atoms with Crippen LogP contribution in [-0.4, -0.2) is 81.4 Å². The number of methoxy groups -OCH3 is 1. The SMILES string of the molecule is COOC=NC(C(=O)N1CCC[C@H]1c1nc2ccc(CC=Cc3ccc4nc([C@@H]5CCCN5C(=O)[C@H](NC(=O)OC)c5ccccc5)[nH]c4c3)cc2[nH]1)c1ccccc1. The average molecular weight is 795 g/mol. The molecular formula is C45H46N8O6. The molecule has 59 heavy (non-hydrogen) atoms. The standard InChI is InChI=1S/C45H46N8O6/c1-57-45(56)51-40(32-16-7-4-8-17-32)44(55)53-25-11-19-38(53)42-48-34-23-21-30(27-36(34)50-42)13-9-12-29-20-22-33-35(26-29)49-41(47-33)37-18-10-24-52(37)43(54)39(46-28-59-58-2)31-14-5-3-6-15-31/h3-9,13-17,20-23,26-28,37-40H,10-12,18-19,24-25H2,1-2H3,(H,47,49)(H,48,50)(H,51,56)/t37-,38-,39?,40+/m0/s1. The second-order valence-corrected chi connectivity index (χ2v) is 14.7. The summed E-state index contributed by atoms with van der Waals surface area (Å²) in [5.74, 6) is 1.15. The number of hydrogen-bond donors (Lipinski definition) is 3. The Morgan fingerprint density at radius 1 is 0.797 bits per heavy atom. The van der Waals surface area contributed by atoms with Gasteiger partial charge in [0.05, 0.1) is 48.4 Å². The van der Waals surface area contributed by atoms with Crippen molar-refractivity contribution in [3.63, 3.8) is 0 Å². The molecule has 0 bridgehead atoms. The number of benzene rings is 4. The Morgan fingerprint density at radius 2 is 1.41 bits per heavy atom. The molecule has 3 amide bonds. The van der Waals surface area contributed by atoms with Crippen molar-refractivity contribution in [1.29, 1.82) is 0 Å². The molecule has 8 rings (SSSR count). The number of carbonyl (C=O) groups is 3. The number of H-pyrrole nitrogens is 2. The molecule has 3 N–H and O–H groups in total. The Hall–Kier alpha value is -6.80. The van der Waals surface area contributed by atoms with Crippen LogP contribution in [0.2, 0.25) is 0 Å². The molecule has 0 spiro atoms.